The van der Waals surface area contributed by atoms with Gasteiger partial charge in [-0.3, -0.25) is 4.57 Å². The summed E-state index contributed by atoms with van der Waals surface area (Å²) in [7, 11) is 0. The Kier molecular flexibility index (Phi) is 4.15. The van der Waals surface area contributed by atoms with Crippen molar-refractivity contribution in [1.82, 2.24) is 4.57 Å². The SMILES string of the molecule is CC(C)(C)Oc1c(N)cc(C#N)n1Cc1ccccc1Cl. The molecule has 4 nitrogen and oxygen atoms in total. The number of nitriles is 1. The lowest BCUT2D eigenvalue weighted by Crippen LogP contribution is -2.25. The first kappa shape index (κ1) is 15.3. The molecule has 21 heavy (non-hydrogen) atoms. The summed E-state index contributed by atoms with van der Waals surface area (Å²) in [5.41, 5.74) is 7.39. The lowest BCUT2D eigenvalue weighted by atomic mass is 10.2. The number of ether oxygens (including phenoxy) is 1. The van der Waals surface area contributed by atoms with Gasteiger partial charge in [0.05, 0.1) is 12.2 Å². The third-order valence-corrected chi connectivity index (χ3v) is 3.25. The summed E-state index contributed by atoms with van der Waals surface area (Å²) >= 11 is 6.19. The van der Waals surface area contributed by atoms with Crippen molar-refractivity contribution in [2.24, 2.45) is 0 Å². The number of hydrogen-bond acceptors (Lipinski definition) is 3. The number of nitrogens with zero attached hydrogens (tertiary/aromatic N) is 2. The number of nitrogens with two attached hydrogens (primary N) is 1. The number of hydrogen-bond donors (Lipinski definition) is 1. The summed E-state index contributed by atoms with van der Waals surface area (Å²) in [6, 6.07) is 11.3. The number of aromatic nitrogens is 1. The lowest BCUT2D eigenvalue weighted by Gasteiger charge is -2.23. The van der Waals surface area contributed by atoms with E-state index >= 15 is 0 Å². The van der Waals surface area contributed by atoms with E-state index in [9.17, 15) is 5.26 Å². The highest BCUT2D eigenvalue weighted by Gasteiger charge is 2.21. The molecule has 0 amide bonds. The molecule has 0 atom stereocenters. The minimum Gasteiger partial charge on any atom is -0.472 e. The Morgan fingerprint density at radius 1 is 1.33 bits per heavy atom. The first-order valence-electron chi connectivity index (χ1n) is 6.63. The number of halogens is 1. The molecule has 0 radical (unpaired) electrons. The first-order valence-corrected chi connectivity index (χ1v) is 7.01. The Balaban J connectivity index is 2.47. The van der Waals surface area contributed by atoms with Gasteiger partial charge in [-0.2, -0.15) is 5.26 Å². The van der Waals surface area contributed by atoms with Crippen molar-refractivity contribution in [3.05, 3.63) is 46.6 Å². The lowest BCUT2D eigenvalue weighted by molar-refractivity contribution is 0.119. The van der Waals surface area contributed by atoms with Crippen molar-refractivity contribution in [2.75, 3.05) is 5.73 Å². The largest absolute Gasteiger partial charge is 0.472 e. The van der Waals surface area contributed by atoms with Gasteiger partial charge in [0.1, 0.15) is 17.4 Å². The molecule has 2 aromatic rings. The second-order valence-electron chi connectivity index (χ2n) is 5.79. The van der Waals surface area contributed by atoms with Gasteiger partial charge in [-0.1, -0.05) is 29.8 Å². The van der Waals surface area contributed by atoms with Gasteiger partial charge in [-0.05, 0) is 32.4 Å². The van der Waals surface area contributed by atoms with Gasteiger partial charge in [-0.25, -0.2) is 0 Å². The highest BCUT2D eigenvalue weighted by Crippen LogP contribution is 2.31. The van der Waals surface area contributed by atoms with Gasteiger partial charge in [0.25, 0.3) is 0 Å². The summed E-state index contributed by atoms with van der Waals surface area (Å²) in [6.07, 6.45) is 0. The molecule has 0 aliphatic carbocycles. The maximum Gasteiger partial charge on any atom is 0.219 e. The van der Waals surface area contributed by atoms with Crippen molar-refractivity contribution in [3.8, 4) is 11.9 Å². The first-order chi connectivity index (χ1) is 9.81. The zero-order chi connectivity index (χ0) is 15.6. The second kappa shape index (κ2) is 5.71. The fourth-order valence-corrected chi connectivity index (χ4v) is 2.20. The van der Waals surface area contributed by atoms with E-state index in [1.807, 2.05) is 45.0 Å². The molecule has 0 aliphatic rings. The van der Waals surface area contributed by atoms with Crippen LogP contribution in [0.15, 0.2) is 30.3 Å². The van der Waals surface area contributed by atoms with Gasteiger partial charge < -0.3 is 10.5 Å². The average Bonchev–Trinajstić information content (AvgIpc) is 2.68. The number of anilines is 1. The van der Waals surface area contributed by atoms with Crippen molar-refractivity contribution in [3.63, 3.8) is 0 Å². The van der Waals surface area contributed by atoms with Crippen LogP contribution in [0.4, 0.5) is 5.69 Å². The molecule has 1 aromatic carbocycles. The molecule has 1 aromatic heterocycles. The molecule has 0 spiro atoms. The van der Waals surface area contributed by atoms with Crippen molar-refractivity contribution in [2.45, 2.75) is 32.9 Å². The van der Waals surface area contributed by atoms with Crippen LogP contribution >= 0.6 is 11.6 Å². The third-order valence-electron chi connectivity index (χ3n) is 2.88. The summed E-state index contributed by atoms with van der Waals surface area (Å²) < 4.78 is 7.65. The van der Waals surface area contributed by atoms with E-state index in [0.717, 1.165) is 5.56 Å². The molecular weight excluding hydrogens is 286 g/mol. The second-order valence-corrected chi connectivity index (χ2v) is 6.20. The van der Waals surface area contributed by atoms with Crippen LogP contribution in [0.2, 0.25) is 5.02 Å². The van der Waals surface area contributed by atoms with Crippen LogP contribution in [-0.4, -0.2) is 10.2 Å². The fourth-order valence-electron chi connectivity index (χ4n) is 2.00. The topological polar surface area (TPSA) is 64.0 Å². The summed E-state index contributed by atoms with van der Waals surface area (Å²) in [5, 5.41) is 9.94. The van der Waals surface area contributed by atoms with Gasteiger partial charge in [0, 0.05) is 11.1 Å². The van der Waals surface area contributed by atoms with E-state index in [-0.39, 0.29) is 0 Å². The van der Waals surface area contributed by atoms with Gasteiger partial charge in [-0.15, -0.1) is 0 Å². The third kappa shape index (κ3) is 3.50. The quantitative estimate of drug-likeness (QED) is 0.937. The summed E-state index contributed by atoms with van der Waals surface area (Å²) in [6.45, 7) is 6.24. The highest BCUT2D eigenvalue weighted by atomic mass is 35.5. The van der Waals surface area contributed by atoms with Gasteiger partial charge >= 0.3 is 0 Å². The molecule has 0 saturated carbocycles. The van der Waals surface area contributed by atoms with Crippen LogP contribution in [0.25, 0.3) is 0 Å². The predicted octanol–water partition coefficient (Wildman–Crippen LogP) is 3.82. The maximum absolute atomic E-state index is 9.29. The summed E-state index contributed by atoms with van der Waals surface area (Å²) in [4.78, 5) is 0. The van der Waals surface area contributed by atoms with E-state index in [1.165, 1.54) is 0 Å². The maximum atomic E-state index is 9.29. The molecule has 110 valence electrons. The molecule has 0 bridgehead atoms. The molecule has 2 N–H and O–H groups in total. The zero-order valence-corrected chi connectivity index (χ0v) is 13.1. The van der Waals surface area contributed by atoms with E-state index in [0.29, 0.717) is 28.8 Å². The average molecular weight is 304 g/mol. The van der Waals surface area contributed by atoms with Crippen molar-refractivity contribution < 1.29 is 4.74 Å². The van der Waals surface area contributed by atoms with Crippen LogP contribution in [0, 0.1) is 11.3 Å². The minimum absolute atomic E-state index is 0.405. The Morgan fingerprint density at radius 3 is 2.57 bits per heavy atom. The van der Waals surface area contributed by atoms with Crippen LogP contribution in [0.5, 0.6) is 5.88 Å². The molecule has 2 rings (SSSR count). The van der Waals surface area contributed by atoms with Crippen LogP contribution < -0.4 is 10.5 Å². The molecule has 0 fully saturated rings. The molecule has 1 heterocycles. The monoisotopic (exact) mass is 303 g/mol. The standard InChI is InChI=1S/C16H18ClN3O/c1-16(2,3)21-15-14(19)8-12(9-18)20(15)10-11-6-4-5-7-13(11)17/h4-8H,10,19H2,1-3H3. The Bertz CT molecular complexity index is 693. The van der Waals surface area contributed by atoms with Crippen LogP contribution in [0.3, 0.4) is 0 Å². The molecule has 0 aliphatic heterocycles. The minimum atomic E-state index is -0.405. The predicted molar refractivity (Wildman–Crippen MR) is 84.5 cm³/mol. The van der Waals surface area contributed by atoms with Gasteiger partial charge in [0.2, 0.25) is 5.88 Å². The highest BCUT2D eigenvalue weighted by molar-refractivity contribution is 6.31. The zero-order valence-electron chi connectivity index (χ0n) is 12.4. The van der Waals surface area contributed by atoms with Crippen LogP contribution in [0.1, 0.15) is 32.0 Å². The van der Waals surface area contributed by atoms with Crippen molar-refractivity contribution >= 4 is 17.3 Å². The molecule has 5 heteroatoms. The Labute approximate surface area is 129 Å². The summed E-state index contributed by atoms with van der Waals surface area (Å²) in [5.74, 6) is 0.499. The normalized spacial score (nSPS) is 11.2. The van der Waals surface area contributed by atoms with Crippen molar-refractivity contribution in [1.29, 1.82) is 5.26 Å². The van der Waals surface area contributed by atoms with Gasteiger partial charge in [0.15, 0.2) is 0 Å². The number of nitrogen functional groups attached to an aromatic ring is 1. The van der Waals surface area contributed by atoms with E-state index in [2.05, 4.69) is 6.07 Å². The smallest absolute Gasteiger partial charge is 0.219 e. The van der Waals surface area contributed by atoms with E-state index in [1.54, 1.807) is 10.6 Å². The number of rotatable bonds is 3. The molecule has 0 saturated heterocycles. The Morgan fingerprint density at radius 2 is 2.00 bits per heavy atom. The Hall–Kier alpha value is -2.12. The van der Waals surface area contributed by atoms with E-state index < -0.39 is 5.60 Å². The molecular formula is C16H18ClN3O. The van der Waals surface area contributed by atoms with E-state index in [4.69, 9.17) is 22.1 Å². The fraction of sp³-hybridized carbons (Fsp3) is 0.312. The number of benzene rings is 1. The van der Waals surface area contributed by atoms with Crippen LogP contribution in [-0.2, 0) is 6.54 Å². The molecule has 0 unspecified atom stereocenters.